The van der Waals surface area contributed by atoms with Gasteiger partial charge in [0.05, 0.1) is 21.3 Å². The largest absolute Gasteiger partial charge is 0.504 e. The molecule has 0 saturated carbocycles. The third-order valence-corrected chi connectivity index (χ3v) is 8.94. The van der Waals surface area contributed by atoms with Crippen LogP contribution in [0.25, 0.3) is 0 Å². The molecule has 1 N–H and O–H groups in total. The molecule has 0 spiro atoms. The van der Waals surface area contributed by atoms with Gasteiger partial charge in [0.2, 0.25) is 5.75 Å². The van der Waals surface area contributed by atoms with Crippen LogP contribution < -0.4 is 23.7 Å². The number of nitrogens with zero attached hydrogens (tertiary/aromatic N) is 2. The van der Waals surface area contributed by atoms with Crippen LogP contribution in [0.1, 0.15) is 39.4 Å². The molecule has 4 aliphatic heterocycles. The van der Waals surface area contributed by atoms with Crippen molar-refractivity contribution in [3.05, 3.63) is 94.0 Å². The van der Waals surface area contributed by atoms with Crippen molar-refractivity contribution in [2.24, 2.45) is 4.99 Å². The van der Waals surface area contributed by atoms with Crippen molar-refractivity contribution in [2.45, 2.75) is 31.7 Å². The Morgan fingerprint density at radius 1 is 0.841 bits per heavy atom. The molecule has 0 unspecified atom stereocenters. The summed E-state index contributed by atoms with van der Waals surface area (Å²) in [6.45, 7) is 1.55. The van der Waals surface area contributed by atoms with E-state index in [1.807, 2.05) is 42.5 Å². The van der Waals surface area contributed by atoms with Crippen molar-refractivity contribution >= 4 is 5.71 Å². The maximum Gasteiger partial charge on any atom is 0.204 e. The van der Waals surface area contributed by atoms with Crippen LogP contribution in [0.15, 0.2) is 65.7 Å². The summed E-state index contributed by atoms with van der Waals surface area (Å²) < 4.78 is 30.7. The molecule has 10 bridgehead atoms. The van der Waals surface area contributed by atoms with Crippen LogP contribution in [0.4, 0.5) is 0 Å². The molecule has 4 aromatic carbocycles. The number of phenols is 1. The monoisotopic (exact) mass is 592 g/mol. The van der Waals surface area contributed by atoms with Crippen molar-refractivity contribution < 1.29 is 28.8 Å². The van der Waals surface area contributed by atoms with Crippen LogP contribution in [-0.2, 0) is 25.7 Å². The predicted molar refractivity (Wildman–Crippen MR) is 169 cm³/mol. The first-order valence-electron chi connectivity index (χ1n) is 14.9. The Labute approximate surface area is 257 Å². The lowest BCUT2D eigenvalue weighted by Crippen LogP contribution is -2.33. The summed E-state index contributed by atoms with van der Waals surface area (Å²) >= 11 is 0. The van der Waals surface area contributed by atoms with E-state index in [1.165, 1.54) is 11.1 Å². The average molecular weight is 593 g/mol. The number of hydrogen-bond donors (Lipinski definition) is 1. The fourth-order valence-electron chi connectivity index (χ4n) is 6.59. The summed E-state index contributed by atoms with van der Waals surface area (Å²) in [6.07, 6.45) is 2.96. The Morgan fingerprint density at radius 3 is 2.41 bits per heavy atom. The van der Waals surface area contributed by atoms with Gasteiger partial charge in [-0.2, -0.15) is 0 Å². The van der Waals surface area contributed by atoms with Gasteiger partial charge in [0.25, 0.3) is 0 Å². The van der Waals surface area contributed by atoms with Gasteiger partial charge < -0.3 is 28.8 Å². The molecule has 0 amide bonds. The normalized spacial score (nSPS) is 17.3. The number of benzene rings is 4. The van der Waals surface area contributed by atoms with Gasteiger partial charge in [-0.1, -0.05) is 18.2 Å². The molecule has 44 heavy (non-hydrogen) atoms. The predicted octanol–water partition coefficient (Wildman–Crippen LogP) is 6.68. The third-order valence-electron chi connectivity index (χ3n) is 8.94. The van der Waals surface area contributed by atoms with Crippen LogP contribution in [0, 0.1) is 0 Å². The molecule has 8 rings (SSSR count). The van der Waals surface area contributed by atoms with E-state index in [2.05, 4.69) is 24.1 Å². The second-order valence-electron chi connectivity index (χ2n) is 11.5. The minimum Gasteiger partial charge on any atom is -0.504 e. The van der Waals surface area contributed by atoms with E-state index in [0.29, 0.717) is 59.6 Å². The first-order chi connectivity index (χ1) is 21.4. The zero-order valence-electron chi connectivity index (χ0n) is 25.5. The van der Waals surface area contributed by atoms with Crippen molar-refractivity contribution in [2.75, 3.05) is 41.5 Å². The molecule has 1 atom stereocenters. The van der Waals surface area contributed by atoms with Crippen molar-refractivity contribution in [1.82, 2.24) is 4.90 Å². The first kappa shape index (κ1) is 28.1. The van der Waals surface area contributed by atoms with Crippen molar-refractivity contribution in [1.29, 1.82) is 0 Å². The molecule has 4 aliphatic rings. The minimum absolute atomic E-state index is 0.0747. The molecule has 8 nitrogen and oxygen atoms in total. The number of hydrogen-bond acceptors (Lipinski definition) is 8. The third kappa shape index (κ3) is 4.99. The highest BCUT2D eigenvalue weighted by Gasteiger charge is 2.30. The maximum atomic E-state index is 10.7. The molecular formula is C36H36N2O6. The van der Waals surface area contributed by atoms with Gasteiger partial charge in [-0.05, 0) is 91.0 Å². The minimum atomic E-state index is 0.0747. The number of likely N-dealkylation sites (N-methyl/N-ethyl adjacent to an activating group) is 1. The molecule has 4 heterocycles. The van der Waals surface area contributed by atoms with Crippen LogP contribution >= 0.6 is 0 Å². The van der Waals surface area contributed by atoms with Gasteiger partial charge in [0.1, 0.15) is 5.75 Å². The fraction of sp³-hybridized carbons (Fsp3) is 0.306. The van der Waals surface area contributed by atoms with Crippen LogP contribution in [0.2, 0.25) is 0 Å². The highest BCUT2D eigenvalue weighted by molar-refractivity contribution is 6.05. The van der Waals surface area contributed by atoms with Gasteiger partial charge in [-0.25, -0.2) is 0 Å². The molecule has 8 heteroatoms. The van der Waals surface area contributed by atoms with Gasteiger partial charge in [-0.15, -0.1) is 0 Å². The van der Waals surface area contributed by atoms with Gasteiger partial charge >= 0.3 is 0 Å². The quantitative estimate of drug-likeness (QED) is 0.284. The molecule has 0 saturated heterocycles. The topological polar surface area (TPSA) is 82.0 Å². The molecule has 4 aromatic rings. The van der Waals surface area contributed by atoms with E-state index in [0.717, 1.165) is 47.4 Å². The van der Waals surface area contributed by atoms with Gasteiger partial charge in [0, 0.05) is 42.4 Å². The maximum absolute atomic E-state index is 10.7. The van der Waals surface area contributed by atoms with Crippen molar-refractivity contribution in [3.8, 4) is 46.0 Å². The summed E-state index contributed by atoms with van der Waals surface area (Å²) in [6, 6.07) is 19.8. The van der Waals surface area contributed by atoms with Crippen LogP contribution in [-0.4, -0.2) is 57.2 Å². The Morgan fingerprint density at radius 2 is 1.64 bits per heavy atom. The lowest BCUT2D eigenvalue weighted by Gasteiger charge is -2.35. The van der Waals surface area contributed by atoms with Crippen LogP contribution in [0.3, 0.4) is 0 Å². The lowest BCUT2D eigenvalue weighted by molar-refractivity contribution is 0.228. The Hall–Kier alpha value is -4.69. The van der Waals surface area contributed by atoms with E-state index in [4.69, 9.17) is 28.7 Å². The SMILES string of the molecule is COc1cc2c3cc1Oc1c4c(cc(OC)c1OC)C(=NCC4)Cc1ccc(cc1)Oc1cc(ccc1O)C[C@@H]3N(C)CC2. The fourth-order valence-corrected chi connectivity index (χ4v) is 6.59. The number of rotatable bonds is 3. The van der Waals surface area contributed by atoms with Gasteiger partial charge in [0.15, 0.2) is 34.5 Å². The number of aromatic hydroxyl groups is 1. The molecule has 0 radical (unpaired) electrons. The smallest absolute Gasteiger partial charge is 0.204 e. The van der Waals surface area contributed by atoms with Gasteiger partial charge in [-0.3, -0.25) is 9.89 Å². The lowest BCUT2D eigenvalue weighted by atomic mass is 9.88. The molecule has 226 valence electrons. The highest BCUT2D eigenvalue weighted by atomic mass is 16.5. The Kier molecular flexibility index (Phi) is 7.30. The number of phenolic OH excluding ortho intramolecular Hbond substituents is 1. The first-order valence-corrected chi connectivity index (χ1v) is 14.9. The molecule has 0 aliphatic carbocycles. The summed E-state index contributed by atoms with van der Waals surface area (Å²) in [5.74, 6) is 4.23. The molecular weight excluding hydrogens is 556 g/mol. The standard InChI is InChI=1S/C36H36N2O6/c1-38-14-12-23-18-32(40-2)33-19-26(23)29(38)16-22-7-10-30(39)31(17-22)43-24-8-5-21(6-9-24)15-28-27-20-34(41-3)36(42-4)35(44-33)25(27)11-13-37-28/h5-10,17-20,29,39H,11-16H2,1-4H3/t29-/m0/s1. The summed E-state index contributed by atoms with van der Waals surface area (Å²) in [7, 11) is 7.10. The number of ether oxygens (including phenoxy) is 5. The highest BCUT2D eigenvalue weighted by Crippen LogP contribution is 2.49. The van der Waals surface area contributed by atoms with Crippen molar-refractivity contribution in [3.63, 3.8) is 0 Å². The van der Waals surface area contributed by atoms with E-state index < -0.39 is 0 Å². The summed E-state index contributed by atoms with van der Waals surface area (Å²) in [4.78, 5) is 7.30. The second kappa shape index (κ2) is 11.4. The number of aliphatic imine (C=N–C) groups is 1. The van der Waals surface area contributed by atoms with E-state index in [1.54, 1.807) is 27.4 Å². The number of methoxy groups -OCH3 is 3. The summed E-state index contributed by atoms with van der Waals surface area (Å²) in [5.41, 5.74) is 7.52. The van der Waals surface area contributed by atoms with E-state index in [9.17, 15) is 5.11 Å². The van der Waals surface area contributed by atoms with E-state index in [-0.39, 0.29) is 11.8 Å². The zero-order chi connectivity index (χ0) is 30.4. The van der Waals surface area contributed by atoms with Crippen LogP contribution in [0.5, 0.6) is 46.0 Å². The second-order valence-corrected chi connectivity index (χ2v) is 11.5. The Bertz CT molecular complexity index is 1760. The molecule has 0 aromatic heterocycles. The molecule has 0 fully saturated rings. The number of fused-ring (bicyclic) bond motifs is 2. The Balaban J connectivity index is 1.45. The van der Waals surface area contributed by atoms with E-state index >= 15 is 0 Å². The average Bonchev–Trinajstić information content (AvgIpc) is 3.04. The zero-order valence-corrected chi connectivity index (χ0v) is 25.5. The summed E-state index contributed by atoms with van der Waals surface area (Å²) in [5, 5.41) is 10.7.